The van der Waals surface area contributed by atoms with Crippen molar-refractivity contribution in [2.75, 3.05) is 7.11 Å². The molecule has 1 atom stereocenters. The second kappa shape index (κ2) is 4.29. The average Bonchev–Trinajstić information content (AvgIpc) is 2.60. The predicted molar refractivity (Wildman–Crippen MR) is 47.9 cm³/mol. The maximum atomic E-state index is 8.65. The minimum atomic E-state index is -0.0797. The number of rotatable bonds is 2. The molecule has 14 heavy (non-hydrogen) atoms. The Labute approximate surface area is 81.8 Å². The topological polar surface area (TPSA) is 78.4 Å². The van der Waals surface area contributed by atoms with Gasteiger partial charge in [0.15, 0.2) is 11.3 Å². The molecule has 72 valence electrons. The van der Waals surface area contributed by atoms with Crippen molar-refractivity contribution in [2.24, 2.45) is 5.16 Å². The zero-order valence-electron chi connectivity index (χ0n) is 7.94. The Morgan fingerprint density at radius 1 is 1.57 bits per heavy atom. The molecule has 1 rings (SSSR count). The first-order valence-corrected chi connectivity index (χ1v) is 4.04. The maximum Gasteiger partial charge on any atom is 0.173 e. The van der Waals surface area contributed by atoms with Gasteiger partial charge in [0.05, 0.1) is 7.11 Å². The van der Waals surface area contributed by atoms with Crippen molar-refractivity contribution in [3.05, 3.63) is 11.3 Å². The van der Waals surface area contributed by atoms with Gasteiger partial charge in [-0.3, -0.25) is 0 Å². The van der Waals surface area contributed by atoms with E-state index in [-0.39, 0.29) is 17.4 Å². The van der Waals surface area contributed by atoms with Crippen LogP contribution in [0.1, 0.15) is 13.3 Å². The van der Waals surface area contributed by atoms with E-state index in [1.807, 2.05) is 6.92 Å². The van der Waals surface area contributed by atoms with Gasteiger partial charge in [0.25, 0.3) is 0 Å². The van der Waals surface area contributed by atoms with Crippen LogP contribution in [0.2, 0.25) is 0 Å². The molecule has 1 aliphatic heterocycles. The standard InChI is InChI=1S/C9H9N3O2/c1-6-3-8(12-14-6)9(13-2)7(4-10)5-11/h6H,3H2,1-2H3. The molecule has 0 saturated heterocycles. The van der Waals surface area contributed by atoms with Crippen LogP contribution < -0.4 is 0 Å². The number of nitriles is 2. The molecule has 0 fully saturated rings. The van der Waals surface area contributed by atoms with Gasteiger partial charge in [0.1, 0.15) is 24.0 Å². The number of ether oxygens (including phenoxy) is 1. The van der Waals surface area contributed by atoms with Crippen LogP contribution in [0.15, 0.2) is 16.5 Å². The molecule has 0 amide bonds. The van der Waals surface area contributed by atoms with Gasteiger partial charge in [-0.05, 0) is 6.92 Å². The molecule has 0 aromatic carbocycles. The van der Waals surface area contributed by atoms with E-state index in [0.717, 1.165) is 0 Å². The second-order valence-electron chi connectivity index (χ2n) is 2.79. The Morgan fingerprint density at radius 2 is 2.21 bits per heavy atom. The summed E-state index contributed by atoms with van der Waals surface area (Å²) in [5.74, 6) is 0.208. The van der Waals surface area contributed by atoms with Crippen LogP contribution in [0, 0.1) is 22.7 Å². The molecule has 1 heterocycles. The highest BCUT2D eigenvalue weighted by atomic mass is 16.6. The molecule has 0 aliphatic carbocycles. The van der Waals surface area contributed by atoms with Crippen molar-refractivity contribution in [3.8, 4) is 12.1 Å². The Hall–Kier alpha value is -2.01. The fourth-order valence-electron chi connectivity index (χ4n) is 1.13. The molecule has 5 nitrogen and oxygen atoms in total. The second-order valence-corrected chi connectivity index (χ2v) is 2.79. The SMILES string of the molecule is COC(C1=NOC(C)C1)=C(C#N)C#N. The van der Waals surface area contributed by atoms with Crippen LogP contribution in [0.4, 0.5) is 0 Å². The van der Waals surface area contributed by atoms with Gasteiger partial charge < -0.3 is 9.57 Å². The summed E-state index contributed by atoms with van der Waals surface area (Å²) in [6.07, 6.45) is 0.518. The Bertz CT molecular complexity index is 354. The third-order valence-electron chi connectivity index (χ3n) is 1.74. The lowest BCUT2D eigenvalue weighted by molar-refractivity contribution is 0.0995. The lowest BCUT2D eigenvalue weighted by Crippen LogP contribution is -2.08. The van der Waals surface area contributed by atoms with E-state index in [2.05, 4.69) is 5.16 Å². The van der Waals surface area contributed by atoms with E-state index < -0.39 is 0 Å². The third-order valence-corrected chi connectivity index (χ3v) is 1.74. The van der Waals surface area contributed by atoms with Crippen LogP contribution >= 0.6 is 0 Å². The van der Waals surface area contributed by atoms with Crippen LogP contribution in [-0.2, 0) is 9.57 Å². The minimum absolute atomic E-state index is 0.0335. The maximum absolute atomic E-state index is 8.65. The van der Waals surface area contributed by atoms with Crippen molar-refractivity contribution in [2.45, 2.75) is 19.4 Å². The van der Waals surface area contributed by atoms with E-state index in [1.54, 1.807) is 12.1 Å². The van der Waals surface area contributed by atoms with E-state index in [9.17, 15) is 0 Å². The van der Waals surface area contributed by atoms with Crippen molar-refractivity contribution >= 4 is 5.71 Å². The van der Waals surface area contributed by atoms with E-state index in [0.29, 0.717) is 12.1 Å². The molecule has 0 spiro atoms. The Morgan fingerprint density at radius 3 is 2.57 bits per heavy atom. The number of allylic oxidation sites excluding steroid dienone is 2. The largest absolute Gasteiger partial charge is 0.493 e. The summed E-state index contributed by atoms with van der Waals surface area (Å²) in [7, 11) is 1.40. The Kier molecular flexibility index (Phi) is 3.09. The number of oxime groups is 1. The summed E-state index contributed by atoms with van der Waals surface area (Å²) in [6.45, 7) is 1.85. The molecule has 0 aromatic heterocycles. The number of hydrogen-bond acceptors (Lipinski definition) is 5. The van der Waals surface area contributed by atoms with Gasteiger partial charge in [-0.1, -0.05) is 5.16 Å². The molecule has 1 unspecified atom stereocenters. The third kappa shape index (κ3) is 1.83. The summed E-state index contributed by atoms with van der Waals surface area (Å²) in [6, 6.07) is 3.50. The highest BCUT2D eigenvalue weighted by molar-refractivity contribution is 6.00. The summed E-state index contributed by atoms with van der Waals surface area (Å²) in [5.41, 5.74) is 0.432. The van der Waals surface area contributed by atoms with Crippen molar-refractivity contribution in [3.63, 3.8) is 0 Å². The molecule has 1 aliphatic rings. The van der Waals surface area contributed by atoms with Gasteiger partial charge in [-0.25, -0.2) is 0 Å². The first-order valence-electron chi connectivity index (χ1n) is 4.04. The summed E-state index contributed by atoms with van der Waals surface area (Å²) in [5, 5.41) is 21.0. The van der Waals surface area contributed by atoms with Crippen LogP contribution in [0.5, 0.6) is 0 Å². The predicted octanol–water partition coefficient (Wildman–Crippen LogP) is 1.10. The van der Waals surface area contributed by atoms with E-state index in [4.69, 9.17) is 20.1 Å². The van der Waals surface area contributed by atoms with Gasteiger partial charge in [-0.2, -0.15) is 10.5 Å². The van der Waals surface area contributed by atoms with E-state index >= 15 is 0 Å². The highest BCUT2D eigenvalue weighted by Gasteiger charge is 2.23. The summed E-state index contributed by atoms with van der Waals surface area (Å²) in [4.78, 5) is 4.94. The normalized spacial score (nSPS) is 18.6. The smallest absolute Gasteiger partial charge is 0.173 e. The molecule has 0 N–H and O–H groups in total. The number of hydrogen-bond donors (Lipinski definition) is 0. The van der Waals surface area contributed by atoms with E-state index in [1.165, 1.54) is 7.11 Å². The molecular formula is C9H9N3O2. The van der Waals surface area contributed by atoms with Crippen molar-refractivity contribution in [1.29, 1.82) is 10.5 Å². The first kappa shape index (κ1) is 10.1. The minimum Gasteiger partial charge on any atom is -0.493 e. The highest BCUT2D eigenvalue weighted by Crippen LogP contribution is 2.18. The number of methoxy groups -OCH3 is 1. The van der Waals surface area contributed by atoms with Crippen molar-refractivity contribution < 1.29 is 9.57 Å². The van der Waals surface area contributed by atoms with Gasteiger partial charge in [0, 0.05) is 6.42 Å². The zero-order valence-corrected chi connectivity index (χ0v) is 7.94. The van der Waals surface area contributed by atoms with Crippen LogP contribution in [0.3, 0.4) is 0 Å². The number of nitrogens with zero attached hydrogens (tertiary/aromatic N) is 3. The molecule has 5 heteroatoms. The average molecular weight is 191 g/mol. The van der Waals surface area contributed by atoms with Gasteiger partial charge >= 0.3 is 0 Å². The molecular weight excluding hydrogens is 182 g/mol. The first-order chi connectivity index (χ1) is 6.72. The fourth-order valence-corrected chi connectivity index (χ4v) is 1.13. The van der Waals surface area contributed by atoms with Crippen LogP contribution in [0.25, 0.3) is 0 Å². The van der Waals surface area contributed by atoms with Gasteiger partial charge in [-0.15, -0.1) is 0 Å². The van der Waals surface area contributed by atoms with Crippen molar-refractivity contribution in [1.82, 2.24) is 0 Å². The Balaban J connectivity index is 3.01. The lowest BCUT2D eigenvalue weighted by Gasteiger charge is -2.03. The molecule has 0 saturated carbocycles. The quantitative estimate of drug-likeness (QED) is 0.483. The molecule has 0 bridgehead atoms. The monoisotopic (exact) mass is 191 g/mol. The summed E-state index contributed by atoms with van der Waals surface area (Å²) < 4.78 is 4.95. The summed E-state index contributed by atoms with van der Waals surface area (Å²) >= 11 is 0. The van der Waals surface area contributed by atoms with Gasteiger partial charge in [0.2, 0.25) is 0 Å². The van der Waals surface area contributed by atoms with Crippen LogP contribution in [-0.4, -0.2) is 18.9 Å². The molecule has 0 aromatic rings. The lowest BCUT2D eigenvalue weighted by atomic mass is 10.1. The zero-order chi connectivity index (χ0) is 10.6. The fraction of sp³-hybridized carbons (Fsp3) is 0.444. The molecule has 0 radical (unpaired) electrons.